The highest BCUT2D eigenvalue weighted by molar-refractivity contribution is 9.10. The van der Waals surface area contributed by atoms with Gasteiger partial charge in [0, 0.05) is 35.2 Å². The summed E-state index contributed by atoms with van der Waals surface area (Å²) in [6.07, 6.45) is 2.01. The van der Waals surface area contributed by atoms with Gasteiger partial charge in [-0.15, -0.1) is 0 Å². The molecule has 0 aliphatic carbocycles. The normalized spacial score (nSPS) is 16.9. The van der Waals surface area contributed by atoms with Crippen LogP contribution in [0.15, 0.2) is 65.1 Å². The quantitative estimate of drug-likeness (QED) is 0.658. The number of halogens is 1. The monoisotopic (exact) mass is 424 g/mol. The highest BCUT2D eigenvalue weighted by Crippen LogP contribution is 2.24. The molecule has 1 aliphatic heterocycles. The summed E-state index contributed by atoms with van der Waals surface area (Å²) in [6.45, 7) is 1.71. The molecule has 0 spiro atoms. The third-order valence-corrected chi connectivity index (χ3v) is 5.36. The van der Waals surface area contributed by atoms with Crippen molar-refractivity contribution >= 4 is 27.7 Å². The molecule has 2 N–H and O–H groups in total. The number of anilines is 1. The van der Waals surface area contributed by atoms with Gasteiger partial charge >= 0.3 is 0 Å². The number of H-pyrrole nitrogens is 1. The molecular weight excluding hydrogens is 404 g/mol. The molecule has 1 saturated heterocycles. The number of aromatic amines is 1. The summed E-state index contributed by atoms with van der Waals surface area (Å²) in [5.74, 6) is 0.901. The van der Waals surface area contributed by atoms with Gasteiger partial charge in [0.2, 0.25) is 0 Å². The Morgan fingerprint density at radius 3 is 2.70 bits per heavy atom. The van der Waals surface area contributed by atoms with Crippen LogP contribution in [0.3, 0.4) is 0 Å². The number of rotatable bonds is 4. The summed E-state index contributed by atoms with van der Waals surface area (Å²) in [6, 6.07) is 19.8. The first-order chi connectivity index (χ1) is 13.2. The molecule has 0 bridgehead atoms. The Morgan fingerprint density at radius 1 is 1.15 bits per heavy atom. The van der Waals surface area contributed by atoms with E-state index in [1.807, 2.05) is 42.5 Å². The standard InChI is InChI=1S/C21H21BrN4O/c22-17-10-8-16(9-11-17)21(27)23-18-7-4-12-26(14-18)20-13-19(24-25-20)15-5-2-1-3-6-15/h1-3,5-6,8-11,13,18H,4,7,12,14H2,(H,23,27)(H,24,25)/t18-/m0/s1. The molecule has 27 heavy (non-hydrogen) atoms. The second-order valence-electron chi connectivity index (χ2n) is 6.77. The van der Waals surface area contributed by atoms with Crippen molar-refractivity contribution in [3.05, 3.63) is 70.7 Å². The van der Waals surface area contributed by atoms with Crippen molar-refractivity contribution in [3.8, 4) is 11.3 Å². The first kappa shape index (κ1) is 17.8. The van der Waals surface area contributed by atoms with Crippen molar-refractivity contribution in [1.82, 2.24) is 15.5 Å². The summed E-state index contributed by atoms with van der Waals surface area (Å²) in [5, 5.41) is 10.8. The summed E-state index contributed by atoms with van der Waals surface area (Å²) in [5.41, 5.74) is 2.81. The molecule has 2 aromatic carbocycles. The predicted molar refractivity (Wildman–Crippen MR) is 111 cm³/mol. The van der Waals surface area contributed by atoms with Crippen LogP contribution in [0.5, 0.6) is 0 Å². The maximum atomic E-state index is 12.5. The van der Waals surface area contributed by atoms with Crippen molar-refractivity contribution in [2.24, 2.45) is 0 Å². The molecule has 1 aliphatic rings. The van der Waals surface area contributed by atoms with Gasteiger partial charge in [0.15, 0.2) is 5.82 Å². The van der Waals surface area contributed by atoms with Crippen molar-refractivity contribution in [1.29, 1.82) is 0 Å². The van der Waals surface area contributed by atoms with E-state index in [9.17, 15) is 4.79 Å². The molecule has 0 radical (unpaired) electrons. The van der Waals surface area contributed by atoms with Crippen LogP contribution in [0.1, 0.15) is 23.2 Å². The number of hydrogen-bond donors (Lipinski definition) is 2. The lowest BCUT2D eigenvalue weighted by atomic mass is 10.0. The molecule has 1 fully saturated rings. The number of aromatic nitrogens is 2. The fraction of sp³-hybridized carbons (Fsp3) is 0.238. The Labute approximate surface area is 166 Å². The smallest absolute Gasteiger partial charge is 0.251 e. The van der Waals surface area contributed by atoms with E-state index in [0.717, 1.165) is 47.5 Å². The molecule has 0 saturated carbocycles. The van der Waals surface area contributed by atoms with Gasteiger partial charge in [0.1, 0.15) is 0 Å². The van der Waals surface area contributed by atoms with E-state index in [-0.39, 0.29) is 11.9 Å². The van der Waals surface area contributed by atoms with Crippen LogP contribution in [0.4, 0.5) is 5.82 Å². The molecule has 5 nitrogen and oxygen atoms in total. The van der Waals surface area contributed by atoms with Crippen LogP contribution in [0, 0.1) is 0 Å². The fourth-order valence-corrected chi connectivity index (χ4v) is 3.68. The molecule has 6 heteroatoms. The SMILES string of the molecule is O=C(N[C@H]1CCCN(c2cc(-c3ccccc3)[nH]n2)C1)c1ccc(Br)cc1. The number of carbonyl (C=O) groups excluding carboxylic acids is 1. The van der Waals surface area contributed by atoms with E-state index in [4.69, 9.17) is 0 Å². The van der Waals surface area contributed by atoms with Crippen LogP contribution in [0.25, 0.3) is 11.3 Å². The van der Waals surface area contributed by atoms with Crippen LogP contribution in [-0.2, 0) is 0 Å². The molecule has 3 aromatic rings. The minimum atomic E-state index is -0.0265. The first-order valence-corrected chi connectivity index (χ1v) is 9.90. The molecular formula is C21H21BrN4O. The van der Waals surface area contributed by atoms with Gasteiger partial charge in [0.05, 0.1) is 5.69 Å². The fourth-order valence-electron chi connectivity index (χ4n) is 3.41. The predicted octanol–water partition coefficient (Wildman–Crippen LogP) is 4.24. The van der Waals surface area contributed by atoms with Crippen LogP contribution in [-0.4, -0.2) is 35.2 Å². The van der Waals surface area contributed by atoms with Crippen molar-refractivity contribution in [3.63, 3.8) is 0 Å². The van der Waals surface area contributed by atoms with E-state index >= 15 is 0 Å². The summed E-state index contributed by atoms with van der Waals surface area (Å²) < 4.78 is 0.968. The van der Waals surface area contributed by atoms with Gasteiger partial charge in [0.25, 0.3) is 5.91 Å². The number of benzene rings is 2. The van der Waals surface area contributed by atoms with Gasteiger partial charge < -0.3 is 10.2 Å². The number of piperidine rings is 1. The number of nitrogens with one attached hydrogen (secondary N) is 2. The van der Waals surface area contributed by atoms with Crippen molar-refractivity contribution in [2.45, 2.75) is 18.9 Å². The molecule has 1 atom stereocenters. The van der Waals surface area contributed by atoms with Crippen LogP contribution < -0.4 is 10.2 Å². The van der Waals surface area contributed by atoms with Gasteiger partial charge in [-0.3, -0.25) is 9.89 Å². The lowest BCUT2D eigenvalue weighted by Crippen LogP contribution is -2.48. The average molecular weight is 425 g/mol. The Morgan fingerprint density at radius 2 is 1.93 bits per heavy atom. The zero-order chi connectivity index (χ0) is 18.6. The van der Waals surface area contributed by atoms with E-state index in [1.54, 1.807) is 0 Å². The molecule has 4 rings (SSSR count). The Hall–Kier alpha value is -2.60. The largest absolute Gasteiger partial charge is 0.353 e. The van der Waals surface area contributed by atoms with E-state index in [2.05, 4.69) is 54.5 Å². The summed E-state index contributed by atoms with van der Waals surface area (Å²) >= 11 is 3.40. The molecule has 1 aromatic heterocycles. The third-order valence-electron chi connectivity index (χ3n) is 4.84. The maximum absolute atomic E-state index is 12.5. The molecule has 1 amide bonds. The second-order valence-corrected chi connectivity index (χ2v) is 7.69. The lowest BCUT2D eigenvalue weighted by Gasteiger charge is -2.33. The summed E-state index contributed by atoms with van der Waals surface area (Å²) in [4.78, 5) is 14.7. The van der Waals surface area contributed by atoms with Gasteiger partial charge in [-0.2, -0.15) is 5.10 Å². The van der Waals surface area contributed by atoms with Crippen LogP contribution in [0.2, 0.25) is 0 Å². The zero-order valence-electron chi connectivity index (χ0n) is 14.9. The van der Waals surface area contributed by atoms with E-state index in [0.29, 0.717) is 5.56 Å². The molecule has 0 unspecified atom stereocenters. The Kier molecular flexibility index (Phi) is 5.25. The first-order valence-electron chi connectivity index (χ1n) is 9.11. The summed E-state index contributed by atoms with van der Waals surface area (Å²) in [7, 11) is 0. The third kappa shape index (κ3) is 4.22. The van der Waals surface area contributed by atoms with Crippen LogP contribution >= 0.6 is 15.9 Å². The number of nitrogens with zero attached hydrogens (tertiary/aromatic N) is 2. The van der Waals surface area contributed by atoms with E-state index < -0.39 is 0 Å². The molecule has 138 valence electrons. The van der Waals surface area contributed by atoms with Gasteiger partial charge in [-0.25, -0.2) is 0 Å². The van der Waals surface area contributed by atoms with Gasteiger partial charge in [-0.1, -0.05) is 46.3 Å². The lowest BCUT2D eigenvalue weighted by molar-refractivity contribution is 0.0933. The van der Waals surface area contributed by atoms with Crippen molar-refractivity contribution < 1.29 is 4.79 Å². The number of amides is 1. The highest BCUT2D eigenvalue weighted by Gasteiger charge is 2.23. The zero-order valence-corrected chi connectivity index (χ0v) is 16.4. The average Bonchev–Trinajstić information content (AvgIpc) is 3.20. The minimum absolute atomic E-state index is 0.0265. The van der Waals surface area contributed by atoms with Gasteiger partial charge in [-0.05, 0) is 42.7 Å². The van der Waals surface area contributed by atoms with E-state index in [1.165, 1.54) is 0 Å². The number of carbonyl (C=O) groups is 1. The second kappa shape index (κ2) is 7.96. The Bertz CT molecular complexity index is 907. The molecule has 2 heterocycles. The minimum Gasteiger partial charge on any atom is -0.353 e. The Balaban J connectivity index is 1.42. The maximum Gasteiger partial charge on any atom is 0.251 e. The highest BCUT2D eigenvalue weighted by atomic mass is 79.9. The number of hydrogen-bond acceptors (Lipinski definition) is 3. The topological polar surface area (TPSA) is 61.0 Å². The van der Waals surface area contributed by atoms with Crippen molar-refractivity contribution in [2.75, 3.05) is 18.0 Å².